The quantitative estimate of drug-likeness (QED) is 0.187. The Balaban J connectivity index is 1.50. The summed E-state index contributed by atoms with van der Waals surface area (Å²) in [5.41, 5.74) is 1.42. The van der Waals surface area contributed by atoms with Gasteiger partial charge in [0.2, 0.25) is 10.0 Å². The molecule has 208 valence electrons. The van der Waals surface area contributed by atoms with Gasteiger partial charge in [-0.1, -0.05) is 60.5 Å². The molecule has 0 amide bonds. The molecule has 4 rings (SSSR count). The Morgan fingerprint density at radius 2 is 1.79 bits per heavy atom. The number of halogens is 1. The van der Waals surface area contributed by atoms with Crippen molar-refractivity contribution in [2.75, 3.05) is 19.6 Å². The second kappa shape index (κ2) is 13.4. The van der Waals surface area contributed by atoms with E-state index >= 15 is 0 Å². The van der Waals surface area contributed by atoms with Crippen molar-refractivity contribution in [3.05, 3.63) is 99.1 Å². The molecule has 10 heteroatoms. The number of piperidine rings is 1. The summed E-state index contributed by atoms with van der Waals surface area (Å²) in [5.74, 6) is 0.685. The third-order valence-corrected chi connectivity index (χ3v) is 9.24. The largest absolute Gasteiger partial charge is 0.489 e. The molecule has 1 aliphatic heterocycles. The minimum Gasteiger partial charge on any atom is -0.489 e. The lowest BCUT2D eigenvalue weighted by molar-refractivity contribution is -0.384. The van der Waals surface area contributed by atoms with Gasteiger partial charge in [-0.25, -0.2) is 8.42 Å². The molecule has 0 N–H and O–H groups in total. The van der Waals surface area contributed by atoms with Gasteiger partial charge in [0.15, 0.2) is 0 Å². The second-order valence-corrected chi connectivity index (χ2v) is 12.2. The number of hydrogen-bond donors (Lipinski definition) is 0. The molecule has 1 saturated heterocycles. The number of benzene rings is 3. The van der Waals surface area contributed by atoms with E-state index in [2.05, 4.69) is 11.8 Å². The van der Waals surface area contributed by atoms with Crippen molar-refractivity contribution in [3.63, 3.8) is 0 Å². The molecule has 1 heterocycles. The summed E-state index contributed by atoms with van der Waals surface area (Å²) in [7, 11) is -4.02. The zero-order valence-electron chi connectivity index (χ0n) is 22.0. The van der Waals surface area contributed by atoms with Crippen LogP contribution in [0.1, 0.15) is 43.7 Å². The van der Waals surface area contributed by atoms with Crippen LogP contribution in [0.2, 0.25) is 5.02 Å². The van der Waals surface area contributed by atoms with Crippen molar-refractivity contribution in [1.82, 2.24) is 9.21 Å². The molecule has 0 radical (unpaired) electrons. The minimum atomic E-state index is -4.02. The number of sulfonamides is 1. The Kier molecular flexibility index (Phi) is 9.96. The van der Waals surface area contributed by atoms with Gasteiger partial charge in [0.25, 0.3) is 5.69 Å². The summed E-state index contributed by atoms with van der Waals surface area (Å²) in [6.07, 6.45) is 4.17. The minimum absolute atomic E-state index is 0.101. The van der Waals surface area contributed by atoms with Crippen molar-refractivity contribution >= 4 is 27.3 Å². The van der Waals surface area contributed by atoms with E-state index in [9.17, 15) is 18.5 Å². The van der Waals surface area contributed by atoms with Gasteiger partial charge in [-0.15, -0.1) is 0 Å². The van der Waals surface area contributed by atoms with Gasteiger partial charge >= 0.3 is 0 Å². The predicted octanol–water partition coefficient (Wildman–Crippen LogP) is 6.28. The maximum Gasteiger partial charge on any atom is 0.289 e. The first-order valence-electron chi connectivity index (χ1n) is 13.2. The van der Waals surface area contributed by atoms with E-state index in [1.807, 2.05) is 54.6 Å². The topological polar surface area (TPSA) is 93.0 Å². The van der Waals surface area contributed by atoms with E-state index in [-0.39, 0.29) is 23.0 Å². The Hall–Kier alpha value is -2.98. The summed E-state index contributed by atoms with van der Waals surface area (Å²) in [5, 5.41) is 11.3. The lowest BCUT2D eigenvalue weighted by Gasteiger charge is -2.34. The Morgan fingerprint density at radius 1 is 1.05 bits per heavy atom. The molecule has 3 aromatic carbocycles. The van der Waals surface area contributed by atoms with Crippen LogP contribution < -0.4 is 4.74 Å². The van der Waals surface area contributed by atoms with Crippen molar-refractivity contribution in [1.29, 1.82) is 0 Å². The van der Waals surface area contributed by atoms with E-state index in [1.54, 1.807) is 0 Å². The molecule has 8 nitrogen and oxygen atoms in total. The monoisotopic (exact) mass is 571 g/mol. The predicted molar refractivity (Wildman–Crippen MR) is 152 cm³/mol. The van der Waals surface area contributed by atoms with Crippen molar-refractivity contribution in [3.8, 4) is 5.75 Å². The number of hydrogen-bond acceptors (Lipinski definition) is 6. The van der Waals surface area contributed by atoms with Crippen LogP contribution in [0, 0.1) is 10.1 Å². The van der Waals surface area contributed by atoms with Gasteiger partial charge in [-0.05, 0) is 74.7 Å². The summed E-state index contributed by atoms with van der Waals surface area (Å²) >= 11 is 5.95. The molecule has 1 unspecified atom stereocenters. The Morgan fingerprint density at radius 3 is 2.49 bits per heavy atom. The van der Waals surface area contributed by atoms with Crippen molar-refractivity contribution in [2.24, 2.45) is 0 Å². The average Bonchev–Trinajstić information content (AvgIpc) is 2.93. The summed E-state index contributed by atoms with van der Waals surface area (Å²) in [6.45, 7) is 4.87. The van der Waals surface area contributed by atoms with Crippen LogP contribution in [0.25, 0.3) is 0 Å². The molecule has 0 spiro atoms. The molecule has 3 aromatic rings. The fourth-order valence-corrected chi connectivity index (χ4v) is 6.48. The molecular weight excluding hydrogens is 538 g/mol. The fourth-order valence-electron chi connectivity index (χ4n) is 4.80. The summed E-state index contributed by atoms with van der Waals surface area (Å²) < 4.78 is 34.7. The molecule has 1 aliphatic rings. The van der Waals surface area contributed by atoms with Crippen LogP contribution in [0.4, 0.5) is 5.69 Å². The van der Waals surface area contributed by atoms with Crippen molar-refractivity contribution < 1.29 is 18.1 Å². The van der Waals surface area contributed by atoms with E-state index in [1.165, 1.54) is 22.9 Å². The number of nitrogens with zero attached hydrogens (tertiary/aromatic N) is 3. The standard InChI is InChI=1S/C29H34ClN3O5S/c1-23-8-5-6-17-31(23)18-7-19-32(39(36,37)27-15-16-28(30)29(20-27)33(34)35)21-24-11-13-26(14-12-24)38-22-25-9-3-2-4-10-25/h2-4,9-16,20,23H,5-8,17-19,21-22H2,1H3. The van der Waals surface area contributed by atoms with Gasteiger partial charge in [0, 0.05) is 25.2 Å². The highest BCUT2D eigenvalue weighted by molar-refractivity contribution is 7.89. The molecule has 0 saturated carbocycles. The highest BCUT2D eigenvalue weighted by atomic mass is 35.5. The van der Waals surface area contributed by atoms with Crippen LogP contribution in [0.5, 0.6) is 5.75 Å². The molecule has 39 heavy (non-hydrogen) atoms. The Bertz CT molecular complexity index is 1350. The zero-order chi connectivity index (χ0) is 27.8. The lowest BCUT2D eigenvalue weighted by Crippen LogP contribution is -2.40. The van der Waals surface area contributed by atoms with Crippen LogP contribution >= 0.6 is 11.6 Å². The van der Waals surface area contributed by atoms with Crippen LogP contribution in [0.3, 0.4) is 0 Å². The average molecular weight is 572 g/mol. The summed E-state index contributed by atoms with van der Waals surface area (Å²) in [6, 6.07) is 21.3. The normalized spacial score (nSPS) is 16.3. The molecule has 1 atom stereocenters. The summed E-state index contributed by atoms with van der Waals surface area (Å²) in [4.78, 5) is 13.0. The van der Waals surface area contributed by atoms with E-state index in [0.29, 0.717) is 24.8 Å². The molecular formula is C29H34ClN3O5S. The van der Waals surface area contributed by atoms with Gasteiger partial charge in [-0.3, -0.25) is 10.1 Å². The molecule has 0 aromatic heterocycles. The molecule has 0 aliphatic carbocycles. The first kappa shape index (κ1) is 29.0. The van der Waals surface area contributed by atoms with Crippen LogP contribution in [-0.2, 0) is 23.2 Å². The maximum absolute atomic E-state index is 13.7. The highest BCUT2D eigenvalue weighted by Crippen LogP contribution is 2.29. The van der Waals surface area contributed by atoms with Crippen molar-refractivity contribution in [2.45, 2.75) is 56.7 Å². The first-order valence-corrected chi connectivity index (χ1v) is 15.0. The number of nitro groups is 1. The highest BCUT2D eigenvalue weighted by Gasteiger charge is 2.28. The van der Waals surface area contributed by atoms with E-state index in [4.69, 9.17) is 16.3 Å². The third-order valence-electron chi connectivity index (χ3n) is 7.08. The van der Waals surface area contributed by atoms with Crippen LogP contribution in [-0.4, -0.2) is 48.2 Å². The number of rotatable bonds is 12. The smallest absolute Gasteiger partial charge is 0.289 e. The number of nitro benzene ring substituents is 1. The van der Waals surface area contributed by atoms with Gasteiger partial charge in [0.1, 0.15) is 17.4 Å². The third kappa shape index (κ3) is 7.79. The van der Waals surface area contributed by atoms with Gasteiger partial charge < -0.3 is 9.64 Å². The molecule has 1 fully saturated rings. The second-order valence-electron chi connectivity index (χ2n) is 9.86. The Labute approximate surface area is 235 Å². The lowest BCUT2D eigenvalue weighted by atomic mass is 10.0. The van der Waals surface area contributed by atoms with E-state index < -0.39 is 20.6 Å². The zero-order valence-corrected chi connectivity index (χ0v) is 23.6. The molecule has 0 bridgehead atoms. The SMILES string of the molecule is CC1CCCCN1CCCN(Cc1ccc(OCc2ccccc2)cc1)S(=O)(=O)c1ccc(Cl)c([N+](=O)[O-])c1. The van der Waals surface area contributed by atoms with Gasteiger partial charge in [0.05, 0.1) is 9.82 Å². The van der Waals surface area contributed by atoms with E-state index in [0.717, 1.165) is 43.1 Å². The van der Waals surface area contributed by atoms with Gasteiger partial charge in [-0.2, -0.15) is 4.31 Å². The number of likely N-dealkylation sites (tertiary alicyclic amines) is 1. The van der Waals surface area contributed by atoms with Crippen LogP contribution in [0.15, 0.2) is 77.7 Å². The maximum atomic E-state index is 13.7. The first-order chi connectivity index (χ1) is 18.7. The fraction of sp³-hybridized carbons (Fsp3) is 0.379. The number of ether oxygens (including phenoxy) is 1.